The lowest BCUT2D eigenvalue weighted by molar-refractivity contribution is -0.143. The molecular weight excluding hydrogens is 376 g/mol. The molecule has 2 N–H and O–H groups in total. The zero-order chi connectivity index (χ0) is 23.0. The molecule has 0 saturated heterocycles. The molecule has 30 heavy (non-hydrogen) atoms. The van der Waals surface area contributed by atoms with Gasteiger partial charge in [-0.15, -0.1) is 0 Å². The van der Waals surface area contributed by atoms with Crippen LogP contribution in [0.25, 0.3) is 11.1 Å². The summed E-state index contributed by atoms with van der Waals surface area (Å²) in [5.41, 5.74) is 3.14. The molecule has 0 unspecified atom stereocenters. The number of rotatable bonds is 7. The molecule has 0 saturated carbocycles. The molecule has 4 heteroatoms. The first-order valence-electron chi connectivity index (χ1n) is 10.5. The van der Waals surface area contributed by atoms with E-state index >= 15 is 0 Å². The van der Waals surface area contributed by atoms with Crippen LogP contribution in [0, 0.1) is 0 Å². The Balaban J connectivity index is 2.86. The van der Waals surface area contributed by atoms with Gasteiger partial charge >= 0.3 is 11.9 Å². The van der Waals surface area contributed by atoms with Gasteiger partial charge in [0.05, 0.1) is 10.8 Å². The molecule has 0 aliphatic heterocycles. The van der Waals surface area contributed by atoms with Crippen molar-refractivity contribution in [2.45, 2.75) is 78.1 Å². The van der Waals surface area contributed by atoms with Crippen molar-refractivity contribution in [3.05, 3.63) is 58.7 Å². The van der Waals surface area contributed by atoms with Gasteiger partial charge in [0.25, 0.3) is 0 Å². The topological polar surface area (TPSA) is 74.6 Å². The molecule has 2 rings (SSSR count). The summed E-state index contributed by atoms with van der Waals surface area (Å²) in [5.74, 6) is -1.21. The van der Waals surface area contributed by atoms with Crippen molar-refractivity contribution in [1.82, 2.24) is 0 Å². The largest absolute Gasteiger partial charge is 0.481 e. The van der Waals surface area contributed by atoms with Crippen LogP contribution < -0.4 is 0 Å². The average Bonchev–Trinajstić information content (AvgIpc) is 2.66. The fourth-order valence-corrected chi connectivity index (χ4v) is 3.27. The van der Waals surface area contributed by atoms with E-state index in [9.17, 15) is 19.8 Å². The van der Waals surface area contributed by atoms with Crippen molar-refractivity contribution in [3.8, 4) is 11.1 Å². The highest BCUT2D eigenvalue weighted by Crippen LogP contribution is 2.36. The van der Waals surface area contributed by atoms with Crippen molar-refractivity contribution in [2.24, 2.45) is 0 Å². The molecule has 2 aromatic rings. The van der Waals surface area contributed by atoms with Crippen molar-refractivity contribution in [1.29, 1.82) is 0 Å². The maximum atomic E-state index is 11.9. The lowest BCUT2D eigenvalue weighted by atomic mass is 9.77. The minimum atomic E-state index is -1.14. The third kappa shape index (κ3) is 4.58. The second-order valence-corrected chi connectivity index (χ2v) is 9.86. The number of benzene rings is 2. The molecule has 0 fully saturated rings. The maximum absolute atomic E-state index is 11.9. The normalized spacial score (nSPS) is 12.5. The van der Waals surface area contributed by atoms with E-state index in [2.05, 4.69) is 45.9 Å². The van der Waals surface area contributed by atoms with E-state index in [1.54, 1.807) is 33.8 Å². The highest BCUT2D eigenvalue weighted by Gasteiger charge is 2.34. The molecule has 0 bridgehead atoms. The number of carboxylic acids is 2. The summed E-state index contributed by atoms with van der Waals surface area (Å²) in [5, 5.41) is 19.6. The van der Waals surface area contributed by atoms with Crippen molar-refractivity contribution in [2.75, 3.05) is 0 Å². The van der Waals surface area contributed by atoms with Crippen LogP contribution in [-0.4, -0.2) is 22.2 Å². The second kappa shape index (κ2) is 8.25. The summed E-state index contributed by atoms with van der Waals surface area (Å²) in [4.78, 5) is 23.9. The first kappa shape index (κ1) is 23.7. The summed E-state index contributed by atoms with van der Waals surface area (Å²) in [6.45, 7) is 15.2. The van der Waals surface area contributed by atoms with Gasteiger partial charge in [0.1, 0.15) is 0 Å². The third-order valence-electron chi connectivity index (χ3n) is 6.09. The number of carbonyl (C=O) groups is 2. The van der Waals surface area contributed by atoms with E-state index in [4.69, 9.17) is 0 Å². The van der Waals surface area contributed by atoms with Crippen LogP contribution in [0.5, 0.6) is 0 Å². The minimum absolute atomic E-state index is 0.344. The van der Waals surface area contributed by atoms with Crippen LogP contribution in [-0.2, 0) is 20.4 Å². The minimum Gasteiger partial charge on any atom is -0.481 e. The predicted octanol–water partition coefficient (Wildman–Crippen LogP) is 6.32. The lowest BCUT2D eigenvalue weighted by Gasteiger charge is -2.26. The molecular formula is C26H34O4. The van der Waals surface area contributed by atoms with Crippen LogP contribution in [0.3, 0.4) is 0 Å². The van der Waals surface area contributed by atoms with E-state index in [-0.39, 0.29) is 0 Å². The summed E-state index contributed by atoms with van der Waals surface area (Å²) in [6.07, 6.45) is 0. The Morgan fingerprint density at radius 2 is 0.967 bits per heavy atom. The lowest BCUT2D eigenvalue weighted by Crippen LogP contribution is -2.31. The van der Waals surface area contributed by atoms with Crippen LogP contribution >= 0.6 is 0 Å². The van der Waals surface area contributed by atoms with Gasteiger partial charge in [0.2, 0.25) is 0 Å². The fraction of sp³-hybridized carbons (Fsp3) is 0.462. The molecule has 4 nitrogen and oxygen atoms in total. The average molecular weight is 411 g/mol. The molecule has 0 atom stereocenters. The van der Waals surface area contributed by atoms with Gasteiger partial charge in [-0.3, -0.25) is 9.59 Å². The molecule has 0 aliphatic rings. The Morgan fingerprint density at radius 1 is 0.633 bits per heavy atom. The Bertz CT molecular complexity index is 894. The monoisotopic (exact) mass is 410 g/mol. The Kier molecular flexibility index (Phi) is 6.51. The molecule has 0 spiro atoms. The second-order valence-electron chi connectivity index (χ2n) is 9.86. The smallest absolute Gasteiger partial charge is 0.313 e. The van der Waals surface area contributed by atoms with Gasteiger partial charge in [0, 0.05) is 0 Å². The summed E-state index contributed by atoms with van der Waals surface area (Å²) < 4.78 is 0. The molecule has 0 aromatic heterocycles. The number of hydrogen-bond donors (Lipinski definition) is 2. The van der Waals surface area contributed by atoms with Gasteiger partial charge in [-0.2, -0.15) is 0 Å². The van der Waals surface area contributed by atoms with Gasteiger partial charge < -0.3 is 10.2 Å². The van der Waals surface area contributed by atoms with Crippen molar-refractivity contribution >= 4 is 11.9 Å². The third-order valence-corrected chi connectivity index (χ3v) is 6.09. The summed E-state index contributed by atoms with van der Waals surface area (Å²) in [7, 11) is 0. The molecule has 162 valence electrons. The van der Waals surface area contributed by atoms with Crippen LogP contribution in [0.1, 0.15) is 89.5 Å². The first-order chi connectivity index (χ1) is 13.7. The van der Waals surface area contributed by atoms with E-state index in [1.165, 1.54) is 11.1 Å². The zero-order valence-corrected chi connectivity index (χ0v) is 19.3. The quantitative estimate of drug-likeness (QED) is 0.560. The molecule has 0 heterocycles. The van der Waals surface area contributed by atoms with E-state index < -0.39 is 22.8 Å². The van der Waals surface area contributed by atoms with Gasteiger partial charge in [-0.05, 0) is 72.9 Å². The standard InChI is InChI=1S/C26H34O4/c1-15(2)17-9-18(16(3)4)11-19(10-17)20-12-21(25(5,6)23(27)28)14-22(13-20)26(7,8)24(29)30/h9-16H,1-8H3,(H,27,28)(H,29,30). The van der Waals surface area contributed by atoms with Gasteiger partial charge in [0.15, 0.2) is 0 Å². The SMILES string of the molecule is CC(C)c1cc(-c2cc(C(C)(C)C(=O)O)cc(C(C)(C)C(=O)O)c2)cc(C(C)C)c1. The van der Waals surface area contributed by atoms with Crippen LogP contribution in [0.2, 0.25) is 0 Å². The number of hydrogen-bond acceptors (Lipinski definition) is 2. The van der Waals surface area contributed by atoms with Crippen molar-refractivity contribution < 1.29 is 19.8 Å². The summed E-state index contributed by atoms with van der Waals surface area (Å²) in [6, 6.07) is 12.0. The molecule has 0 amide bonds. The number of carboxylic acid groups (broad SMARTS) is 2. The predicted molar refractivity (Wildman–Crippen MR) is 121 cm³/mol. The van der Waals surface area contributed by atoms with Crippen LogP contribution in [0.4, 0.5) is 0 Å². The zero-order valence-electron chi connectivity index (χ0n) is 19.3. The molecule has 2 aromatic carbocycles. The molecule has 0 radical (unpaired) electrons. The van der Waals surface area contributed by atoms with Crippen LogP contribution in [0.15, 0.2) is 36.4 Å². The Labute approximate surface area is 180 Å². The maximum Gasteiger partial charge on any atom is 0.313 e. The number of aliphatic carboxylic acids is 2. The highest BCUT2D eigenvalue weighted by atomic mass is 16.4. The first-order valence-corrected chi connectivity index (χ1v) is 10.5. The van der Waals surface area contributed by atoms with Crippen molar-refractivity contribution in [3.63, 3.8) is 0 Å². The van der Waals surface area contributed by atoms with Gasteiger partial charge in [-0.1, -0.05) is 64.1 Å². The van der Waals surface area contributed by atoms with E-state index in [0.29, 0.717) is 23.0 Å². The highest BCUT2D eigenvalue weighted by molar-refractivity contribution is 5.84. The Morgan fingerprint density at radius 3 is 1.27 bits per heavy atom. The van der Waals surface area contributed by atoms with E-state index in [0.717, 1.165) is 11.1 Å². The molecule has 0 aliphatic carbocycles. The summed E-state index contributed by atoms with van der Waals surface area (Å²) >= 11 is 0. The Hall–Kier alpha value is -2.62. The van der Waals surface area contributed by atoms with Gasteiger partial charge in [-0.25, -0.2) is 0 Å². The van der Waals surface area contributed by atoms with E-state index in [1.807, 2.05) is 12.1 Å². The fourth-order valence-electron chi connectivity index (χ4n) is 3.27.